The Morgan fingerprint density at radius 3 is 0.868 bits per heavy atom. The van der Waals surface area contributed by atoms with Gasteiger partial charge in [-0.3, -0.25) is 4.79 Å². The first-order valence-electron chi connectivity index (χ1n) is 34.5. The zero-order chi connectivity index (χ0) is 54.8. The second-order valence-corrected chi connectivity index (χ2v) is 23.6. The molecular weight excluding hydrogens is 927 g/mol. The molecule has 0 aliphatic heterocycles. The Labute approximate surface area is 477 Å². The molecule has 0 aromatic heterocycles. The van der Waals surface area contributed by atoms with E-state index in [1.54, 1.807) is 6.08 Å². The first-order chi connectivity index (χ1) is 37.7. The molecule has 0 aromatic rings. The maximum absolute atomic E-state index is 12.5. The number of aliphatic hydroxyl groups is 2. The highest BCUT2D eigenvalue weighted by atomic mass is 16.3. The zero-order valence-electron chi connectivity index (χ0n) is 51.5. The molecule has 0 aromatic carbocycles. The molecular formula is C72H135NO3. The molecule has 0 saturated heterocycles. The average Bonchev–Trinajstić information content (AvgIpc) is 3.42. The summed E-state index contributed by atoms with van der Waals surface area (Å²) in [5.41, 5.74) is 0. The molecule has 0 aliphatic rings. The Bertz CT molecular complexity index is 1250. The van der Waals surface area contributed by atoms with Crippen molar-refractivity contribution in [3.63, 3.8) is 0 Å². The molecule has 76 heavy (non-hydrogen) atoms. The molecule has 446 valence electrons. The van der Waals surface area contributed by atoms with Crippen LogP contribution in [0.4, 0.5) is 0 Å². The largest absolute Gasteiger partial charge is 0.394 e. The number of allylic oxidation sites excluding steroid dienone is 9. The maximum atomic E-state index is 12.5. The van der Waals surface area contributed by atoms with E-state index in [9.17, 15) is 15.0 Å². The molecule has 0 rings (SSSR count). The molecule has 4 heteroatoms. The lowest BCUT2D eigenvalue weighted by atomic mass is 10.0. The summed E-state index contributed by atoms with van der Waals surface area (Å²) in [7, 11) is 0. The van der Waals surface area contributed by atoms with E-state index in [0.29, 0.717) is 6.42 Å². The second kappa shape index (κ2) is 67.4. The van der Waals surface area contributed by atoms with Crippen LogP contribution >= 0.6 is 0 Å². The molecule has 0 radical (unpaired) electrons. The Morgan fingerprint density at radius 1 is 0.329 bits per heavy atom. The number of hydrogen-bond donors (Lipinski definition) is 3. The van der Waals surface area contributed by atoms with Crippen LogP contribution in [0.5, 0.6) is 0 Å². The average molecular weight is 1060 g/mol. The molecule has 0 spiro atoms. The van der Waals surface area contributed by atoms with Crippen molar-refractivity contribution in [3.05, 3.63) is 60.8 Å². The van der Waals surface area contributed by atoms with Crippen LogP contribution in [0.2, 0.25) is 0 Å². The van der Waals surface area contributed by atoms with Gasteiger partial charge in [-0.2, -0.15) is 0 Å². The fourth-order valence-electron chi connectivity index (χ4n) is 10.8. The third kappa shape index (κ3) is 62.9. The second-order valence-electron chi connectivity index (χ2n) is 23.6. The summed E-state index contributed by atoms with van der Waals surface area (Å²) in [6, 6.07) is -0.623. The van der Waals surface area contributed by atoms with Gasteiger partial charge in [0.15, 0.2) is 0 Å². The lowest BCUT2D eigenvalue weighted by molar-refractivity contribution is -0.123. The molecule has 0 fully saturated rings. The maximum Gasteiger partial charge on any atom is 0.220 e. The molecule has 3 N–H and O–H groups in total. The molecule has 0 saturated carbocycles. The molecule has 0 bridgehead atoms. The summed E-state index contributed by atoms with van der Waals surface area (Å²) in [5.74, 6) is -0.0563. The van der Waals surface area contributed by atoms with Crippen LogP contribution < -0.4 is 5.32 Å². The molecule has 0 heterocycles. The minimum Gasteiger partial charge on any atom is -0.394 e. The molecule has 2 atom stereocenters. The summed E-state index contributed by atoms with van der Waals surface area (Å²) in [5, 5.41) is 23.3. The Hall–Kier alpha value is -1.91. The van der Waals surface area contributed by atoms with Gasteiger partial charge in [-0.1, -0.05) is 370 Å². The van der Waals surface area contributed by atoms with Gasteiger partial charge in [0.2, 0.25) is 5.91 Å². The summed E-state index contributed by atoms with van der Waals surface area (Å²) < 4.78 is 0. The molecule has 2 unspecified atom stereocenters. The highest BCUT2D eigenvalue weighted by Crippen LogP contribution is 2.19. The van der Waals surface area contributed by atoms with Crippen molar-refractivity contribution in [1.29, 1.82) is 0 Å². The van der Waals surface area contributed by atoms with Crippen LogP contribution in [0.15, 0.2) is 60.8 Å². The summed E-state index contributed by atoms with van der Waals surface area (Å²) in [6.45, 7) is 4.24. The van der Waals surface area contributed by atoms with Gasteiger partial charge < -0.3 is 15.5 Å². The van der Waals surface area contributed by atoms with E-state index in [1.807, 2.05) is 6.08 Å². The predicted octanol–water partition coefficient (Wildman–Crippen LogP) is 23.5. The third-order valence-electron chi connectivity index (χ3n) is 16.0. The van der Waals surface area contributed by atoms with Crippen LogP contribution in [-0.4, -0.2) is 34.9 Å². The lowest BCUT2D eigenvalue weighted by Crippen LogP contribution is -2.45. The van der Waals surface area contributed by atoms with E-state index in [2.05, 4.69) is 67.8 Å². The molecule has 0 aliphatic carbocycles. The van der Waals surface area contributed by atoms with Gasteiger partial charge in [-0.25, -0.2) is 0 Å². The Morgan fingerprint density at radius 2 is 0.579 bits per heavy atom. The van der Waals surface area contributed by atoms with E-state index in [1.165, 1.54) is 302 Å². The third-order valence-corrected chi connectivity index (χ3v) is 16.0. The standard InChI is InChI=1S/C72H135NO3/c1-3-5-7-9-11-13-15-17-19-21-23-25-27-29-30-31-32-33-34-35-36-37-38-39-40-41-42-44-46-48-50-52-54-56-58-60-62-64-66-68-72(76)73-70(69-74)71(75)67-65-63-61-59-57-55-53-51-49-47-45-43-28-26-24-22-20-18-16-14-12-10-8-6-4-2/h5,7,11,13,17,19,23,25,65,67,70-71,74-75H,3-4,6,8-10,12,14-16,18,20-22,24,26-64,66,68-69H2,1-2H3,(H,73,76)/b7-5-,13-11-,19-17-,25-23-,67-65+. The SMILES string of the molecule is CC/C=C\C/C=C\C/C=C\C/C=C\CCCCCCCCCCCCCCCCCCCCCCCCCCCCC(=O)NC(CO)C(O)/C=C/CCCCCCCCCCCCCCCCCCCCCCCCC. The number of nitrogens with one attached hydrogen (secondary N) is 1. The summed E-state index contributed by atoms with van der Waals surface area (Å²) in [6.07, 6.45) is 96.0. The first kappa shape index (κ1) is 74.1. The topological polar surface area (TPSA) is 69.6 Å². The van der Waals surface area contributed by atoms with Crippen LogP contribution in [0.1, 0.15) is 373 Å². The van der Waals surface area contributed by atoms with Gasteiger partial charge in [0, 0.05) is 6.42 Å². The quantitative estimate of drug-likeness (QED) is 0.0420. The number of hydrogen-bond acceptors (Lipinski definition) is 3. The van der Waals surface area contributed by atoms with Crippen molar-refractivity contribution in [2.45, 2.75) is 386 Å². The van der Waals surface area contributed by atoms with Gasteiger partial charge in [0.1, 0.15) is 0 Å². The highest BCUT2D eigenvalue weighted by Gasteiger charge is 2.18. The molecule has 1 amide bonds. The number of amides is 1. The van der Waals surface area contributed by atoms with E-state index >= 15 is 0 Å². The monoisotopic (exact) mass is 1060 g/mol. The van der Waals surface area contributed by atoms with Crippen LogP contribution in [0.3, 0.4) is 0 Å². The Balaban J connectivity index is 3.41. The van der Waals surface area contributed by atoms with Crippen molar-refractivity contribution in [3.8, 4) is 0 Å². The van der Waals surface area contributed by atoms with Crippen LogP contribution in [0.25, 0.3) is 0 Å². The highest BCUT2D eigenvalue weighted by molar-refractivity contribution is 5.76. The van der Waals surface area contributed by atoms with Gasteiger partial charge in [0.05, 0.1) is 18.8 Å². The van der Waals surface area contributed by atoms with E-state index in [-0.39, 0.29) is 12.5 Å². The lowest BCUT2D eigenvalue weighted by Gasteiger charge is -2.20. The van der Waals surface area contributed by atoms with Crippen molar-refractivity contribution in [2.24, 2.45) is 0 Å². The number of unbranched alkanes of at least 4 members (excludes halogenated alkanes) is 49. The van der Waals surface area contributed by atoms with Crippen LogP contribution in [-0.2, 0) is 4.79 Å². The minimum atomic E-state index is -0.840. The van der Waals surface area contributed by atoms with Crippen molar-refractivity contribution < 1.29 is 15.0 Å². The van der Waals surface area contributed by atoms with Crippen LogP contribution in [0, 0.1) is 0 Å². The zero-order valence-corrected chi connectivity index (χ0v) is 51.5. The van der Waals surface area contributed by atoms with Crippen molar-refractivity contribution in [1.82, 2.24) is 5.32 Å². The summed E-state index contributed by atoms with van der Waals surface area (Å²) >= 11 is 0. The van der Waals surface area contributed by atoms with Gasteiger partial charge in [-0.15, -0.1) is 0 Å². The number of carbonyl (C=O) groups excluding carboxylic acids is 1. The number of carbonyl (C=O) groups is 1. The fraction of sp³-hybridized carbons (Fsp3) is 0.847. The first-order valence-corrected chi connectivity index (χ1v) is 34.5. The summed E-state index contributed by atoms with van der Waals surface area (Å²) in [4.78, 5) is 12.5. The smallest absolute Gasteiger partial charge is 0.220 e. The van der Waals surface area contributed by atoms with Gasteiger partial charge in [0.25, 0.3) is 0 Å². The number of aliphatic hydroxyl groups excluding tert-OH is 2. The van der Waals surface area contributed by atoms with Gasteiger partial charge >= 0.3 is 0 Å². The van der Waals surface area contributed by atoms with E-state index < -0.39 is 12.1 Å². The fourth-order valence-corrected chi connectivity index (χ4v) is 10.8. The van der Waals surface area contributed by atoms with Crippen molar-refractivity contribution in [2.75, 3.05) is 6.61 Å². The van der Waals surface area contributed by atoms with Gasteiger partial charge in [-0.05, 0) is 57.8 Å². The predicted molar refractivity (Wildman–Crippen MR) is 341 cm³/mol. The van der Waals surface area contributed by atoms with Crippen molar-refractivity contribution >= 4 is 5.91 Å². The normalized spacial score (nSPS) is 13.1. The van der Waals surface area contributed by atoms with E-state index in [0.717, 1.165) is 51.4 Å². The molecule has 4 nitrogen and oxygen atoms in total. The number of rotatable bonds is 64. The van der Waals surface area contributed by atoms with E-state index in [4.69, 9.17) is 0 Å². The minimum absolute atomic E-state index is 0.0563. The Kier molecular flexibility index (Phi) is 65.7.